The minimum Gasteiger partial charge on any atom is -0.458 e. The van der Waals surface area contributed by atoms with Crippen molar-refractivity contribution in [1.82, 2.24) is 15.2 Å². The summed E-state index contributed by atoms with van der Waals surface area (Å²) in [6.07, 6.45) is 3.03. The number of H-pyrrole nitrogens is 1. The molecule has 6 heteroatoms. The Bertz CT molecular complexity index is 797. The summed E-state index contributed by atoms with van der Waals surface area (Å²) in [5.41, 5.74) is 1.30. The molecule has 2 aromatic rings. The monoisotopic (exact) mass is 355 g/mol. The van der Waals surface area contributed by atoms with Crippen molar-refractivity contribution in [2.75, 3.05) is 6.61 Å². The molecule has 1 N–H and O–H groups in total. The fourth-order valence-electron chi connectivity index (χ4n) is 4.24. The van der Waals surface area contributed by atoms with E-state index in [4.69, 9.17) is 9.47 Å². The number of ether oxygens (including phenoxy) is 2. The average Bonchev–Trinajstić information content (AvgIpc) is 3.15. The zero-order chi connectivity index (χ0) is 18.3. The largest absolute Gasteiger partial charge is 0.458 e. The Labute approximate surface area is 153 Å². The number of carbonyl (C=O) groups is 1. The van der Waals surface area contributed by atoms with Gasteiger partial charge in [-0.25, -0.2) is 9.78 Å². The second-order valence-electron chi connectivity index (χ2n) is 7.78. The van der Waals surface area contributed by atoms with Crippen molar-refractivity contribution in [3.63, 3.8) is 0 Å². The van der Waals surface area contributed by atoms with Crippen LogP contribution in [0.1, 0.15) is 49.8 Å². The van der Waals surface area contributed by atoms with Crippen molar-refractivity contribution in [2.24, 2.45) is 11.3 Å². The van der Waals surface area contributed by atoms with Crippen LogP contribution in [0.5, 0.6) is 0 Å². The van der Waals surface area contributed by atoms with Crippen LogP contribution in [-0.2, 0) is 15.9 Å². The van der Waals surface area contributed by atoms with Crippen molar-refractivity contribution in [1.29, 1.82) is 0 Å². The molecule has 0 bridgehead atoms. The molecule has 1 aliphatic heterocycles. The van der Waals surface area contributed by atoms with Gasteiger partial charge in [-0.2, -0.15) is 5.10 Å². The highest BCUT2D eigenvalue weighted by Gasteiger charge is 2.60. The van der Waals surface area contributed by atoms with Crippen LogP contribution in [0.3, 0.4) is 0 Å². The molecule has 0 spiro atoms. The standard InChI is InChI=1S/C20H25N3O3/c1-4-15-21-18(23-22-15)12-7-9-13(10-8-12)19(24)26-17-14-6-5-11-25-16(14)20(17,2)3/h7-10,14,16-17H,4-6,11H2,1-3H3,(H,21,22,23)/t14-,16-,17-/m1/s1. The number of aromatic nitrogens is 3. The first-order valence-electron chi connectivity index (χ1n) is 9.35. The third kappa shape index (κ3) is 2.82. The number of fused-ring (bicyclic) bond motifs is 1. The van der Waals surface area contributed by atoms with Gasteiger partial charge in [0.2, 0.25) is 0 Å². The summed E-state index contributed by atoms with van der Waals surface area (Å²) >= 11 is 0. The molecule has 2 heterocycles. The van der Waals surface area contributed by atoms with E-state index in [1.54, 1.807) is 12.1 Å². The van der Waals surface area contributed by atoms with Crippen molar-refractivity contribution in [3.05, 3.63) is 35.7 Å². The normalized spacial score (nSPS) is 26.7. The highest BCUT2D eigenvalue weighted by Crippen LogP contribution is 2.53. The number of aryl methyl sites for hydroxylation is 1. The Morgan fingerprint density at radius 1 is 1.35 bits per heavy atom. The second kappa shape index (κ2) is 6.50. The Balaban J connectivity index is 1.45. The molecule has 1 saturated heterocycles. The van der Waals surface area contributed by atoms with Gasteiger partial charge in [0.05, 0.1) is 11.7 Å². The molecule has 1 aromatic carbocycles. The van der Waals surface area contributed by atoms with Crippen molar-refractivity contribution in [3.8, 4) is 11.4 Å². The average molecular weight is 355 g/mol. The molecule has 1 aromatic heterocycles. The third-order valence-corrected chi connectivity index (χ3v) is 5.70. The van der Waals surface area contributed by atoms with Gasteiger partial charge in [0, 0.05) is 29.9 Å². The second-order valence-corrected chi connectivity index (χ2v) is 7.78. The topological polar surface area (TPSA) is 77.1 Å². The SMILES string of the molecule is CCc1nc(-c2ccc(C(=O)O[C@@H]3[C@@H]4CCCO[C@H]4C3(C)C)cc2)n[nH]1. The van der Waals surface area contributed by atoms with Crippen molar-refractivity contribution >= 4 is 5.97 Å². The predicted molar refractivity (Wildman–Crippen MR) is 96.6 cm³/mol. The zero-order valence-electron chi connectivity index (χ0n) is 15.5. The van der Waals surface area contributed by atoms with Crippen LogP contribution in [0.4, 0.5) is 0 Å². The lowest BCUT2D eigenvalue weighted by Crippen LogP contribution is -2.65. The summed E-state index contributed by atoms with van der Waals surface area (Å²) in [6.45, 7) is 7.07. The molecule has 138 valence electrons. The summed E-state index contributed by atoms with van der Waals surface area (Å²) < 4.78 is 11.7. The molecule has 2 fully saturated rings. The van der Waals surface area contributed by atoms with E-state index in [0.29, 0.717) is 17.3 Å². The highest BCUT2D eigenvalue weighted by atomic mass is 16.6. The number of rotatable bonds is 4. The number of carbonyl (C=O) groups excluding carboxylic acids is 1. The quantitative estimate of drug-likeness (QED) is 0.851. The lowest BCUT2D eigenvalue weighted by Gasteiger charge is -2.58. The fraction of sp³-hybridized carbons (Fsp3) is 0.550. The maximum Gasteiger partial charge on any atom is 0.338 e. The van der Waals surface area contributed by atoms with Gasteiger partial charge in [0.15, 0.2) is 5.82 Å². The van der Waals surface area contributed by atoms with E-state index in [2.05, 4.69) is 29.0 Å². The number of aromatic amines is 1. The van der Waals surface area contributed by atoms with E-state index in [1.165, 1.54) is 0 Å². The first-order valence-corrected chi connectivity index (χ1v) is 9.35. The lowest BCUT2D eigenvalue weighted by atomic mass is 9.57. The molecule has 4 rings (SSSR count). The van der Waals surface area contributed by atoms with Gasteiger partial charge in [-0.15, -0.1) is 0 Å². The van der Waals surface area contributed by atoms with Crippen LogP contribution in [0.15, 0.2) is 24.3 Å². The van der Waals surface area contributed by atoms with Gasteiger partial charge in [-0.1, -0.05) is 32.9 Å². The number of nitrogens with zero attached hydrogens (tertiary/aromatic N) is 2. The molecule has 0 amide bonds. The number of benzene rings is 1. The number of nitrogens with one attached hydrogen (secondary N) is 1. The summed E-state index contributed by atoms with van der Waals surface area (Å²) in [5.74, 6) is 1.54. The van der Waals surface area contributed by atoms with Crippen LogP contribution in [-0.4, -0.2) is 40.0 Å². The molecule has 3 atom stereocenters. The van der Waals surface area contributed by atoms with Crippen LogP contribution >= 0.6 is 0 Å². The number of hydrogen-bond donors (Lipinski definition) is 1. The van der Waals surface area contributed by atoms with E-state index in [1.807, 2.05) is 19.1 Å². The van der Waals surface area contributed by atoms with E-state index in [0.717, 1.165) is 37.3 Å². The van der Waals surface area contributed by atoms with Crippen molar-refractivity contribution in [2.45, 2.75) is 52.2 Å². The minimum atomic E-state index is -0.275. The highest BCUT2D eigenvalue weighted by molar-refractivity contribution is 5.90. The molecule has 26 heavy (non-hydrogen) atoms. The van der Waals surface area contributed by atoms with Crippen LogP contribution in [0, 0.1) is 11.3 Å². The minimum absolute atomic E-state index is 0.0832. The Kier molecular flexibility index (Phi) is 4.31. The summed E-state index contributed by atoms with van der Waals surface area (Å²) in [7, 11) is 0. The summed E-state index contributed by atoms with van der Waals surface area (Å²) in [4.78, 5) is 17.0. The van der Waals surface area contributed by atoms with Crippen LogP contribution < -0.4 is 0 Å². The number of esters is 1. The lowest BCUT2D eigenvalue weighted by molar-refractivity contribution is -0.243. The van der Waals surface area contributed by atoms with Crippen molar-refractivity contribution < 1.29 is 14.3 Å². The van der Waals surface area contributed by atoms with E-state index < -0.39 is 0 Å². The molecule has 0 unspecified atom stereocenters. The smallest absolute Gasteiger partial charge is 0.338 e. The van der Waals surface area contributed by atoms with Gasteiger partial charge in [0.25, 0.3) is 0 Å². The molecule has 1 saturated carbocycles. The maximum atomic E-state index is 12.6. The molecule has 1 aliphatic carbocycles. The van der Waals surface area contributed by atoms with Gasteiger partial charge in [0.1, 0.15) is 11.9 Å². The van der Waals surface area contributed by atoms with Gasteiger partial charge < -0.3 is 9.47 Å². The van der Waals surface area contributed by atoms with E-state index >= 15 is 0 Å². The molecular weight excluding hydrogens is 330 g/mol. The Morgan fingerprint density at radius 3 is 2.81 bits per heavy atom. The van der Waals surface area contributed by atoms with Gasteiger partial charge in [-0.3, -0.25) is 5.10 Å². The van der Waals surface area contributed by atoms with Crippen LogP contribution in [0.25, 0.3) is 11.4 Å². The first-order chi connectivity index (χ1) is 12.5. The molecule has 0 radical (unpaired) electrons. The Hall–Kier alpha value is -2.21. The van der Waals surface area contributed by atoms with Gasteiger partial charge >= 0.3 is 5.97 Å². The zero-order valence-corrected chi connectivity index (χ0v) is 15.5. The number of hydrogen-bond acceptors (Lipinski definition) is 5. The summed E-state index contributed by atoms with van der Waals surface area (Å²) in [6, 6.07) is 7.27. The summed E-state index contributed by atoms with van der Waals surface area (Å²) in [5, 5.41) is 7.10. The fourth-order valence-corrected chi connectivity index (χ4v) is 4.24. The molecule has 2 aliphatic rings. The Morgan fingerprint density at radius 2 is 2.12 bits per heavy atom. The first kappa shape index (κ1) is 17.2. The molecular formula is C20H25N3O3. The molecule has 6 nitrogen and oxygen atoms in total. The maximum absolute atomic E-state index is 12.6. The van der Waals surface area contributed by atoms with E-state index in [9.17, 15) is 4.79 Å². The van der Waals surface area contributed by atoms with E-state index in [-0.39, 0.29) is 23.6 Å². The third-order valence-electron chi connectivity index (χ3n) is 5.70. The predicted octanol–water partition coefficient (Wildman–Crippen LogP) is 3.39. The van der Waals surface area contributed by atoms with Crippen LogP contribution in [0.2, 0.25) is 0 Å². The van der Waals surface area contributed by atoms with Gasteiger partial charge in [-0.05, 0) is 25.0 Å².